The van der Waals surface area contributed by atoms with Gasteiger partial charge in [0, 0.05) is 25.2 Å². The molecular formula is C25H27FN4O6. The van der Waals surface area contributed by atoms with E-state index in [-0.39, 0.29) is 36.4 Å². The predicted octanol–water partition coefficient (Wildman–Crippen LogP) is 1.23. The number of aromatic nitrogens is 2. The predicted molar refractivity (Wildman–Crippen MR) is 129 cm³/mol. The Morgan fingerprint density at radius 1 is 1.28 bits per heavy atom. The summed E-state index contributed by atoms with van der Waals surface area (Å²) in [5.74, 6) is -2.26. The van der Waals surface area contributed by atoms with Crippen LogP contribution in [0.15, 0.2) is 35.3 Å². The standard InChI is InChI=1S/C25H27FN4O6/c1-24(2,12-31)29-23(35)25(3)11-30-18-17(19(32)16(22(30)34)21(33)27-4)28-10-14(20(18)36-25)9-13-5-7-15(26)8-6-13/h5-8,10,31-32H,9,11-12H2,1-4H3,(H,27,33)(H,29,35)/t25-/m0/s1. The molecule has 36 heavy (non-hydrogen) atoms. The molecule has 0 bridgehead atoms. The second kappa shape index (κ2) is 8.90. The van der Waals surface area contributed by atoms with Crippen LogP contribution in [-0.4, -0.2) is 56.4 Å². The summed E-state index contributed by atoms with van der Waals surface area (Å²) < 4.78 is 20.8. The lowest BCUT2D eigenvalue weighted by molar-refractivity contribution is -0.139. The maximum absolute atomic E-state index is 13.4. The van der Waals surface area contributed by atoms with Gasteiger partial charge in [0.2, 0.25) is 5.60 Å². The molecule has 190 valence electrons. The largest absolute Gasteiger partial charge is 0.505 e. The quantitative estimate of drug-likeness (QED) is 0.400. The van der Waals surface area contributed by atoms with Crippen molar-refractivity contribution in [2.75, 3.05) is 13.7 Å². The van der Waals surface area contributed by atoms with E-state index in [1.54, 1.807) is 26.0 Å². The van der Waals surface area contributed by atoms with Crippen molar-refractivity contribution in [3.05, 3.63) is 63.3 Å². The molecule has 0 radical (unpaired) electrons. The van der Waals surface area contributed by atoms with E-state index >= 15 is 0 Å². The monoisotopic (exact) mass is 498 g/mol. The van der Waals surface area contributed by atoms with E-state index in [4.69, 9.17) is 4.74 Å². The van der Waals surface area contributed by atoms with Crippen LogP contribution in [0.3, 0.4) is 0 Å². The van der Waals surface area contributed by atoms with Crippen molar-refractivity contribution < 1.29 is 28.9 Å². The molecule has 4 N–H and O–H groups in total. The van der Waals surface area contributed by atoms with E-state index in [2.05, 4.69) is 15.6 Å². The SMILES string of the molecule is CNC(=O)c1c(O)c2ncc(Cc3ccc(F)cc3)c3c2n(c1=O)C[C@@](C)(C(=O)NC(C)(C)CO)O3. The molecule has 1 atom stereocenters. The highest BCUT2D eigenvalue weighted by Crippen LogP contribution is 2.40. The average Bonchev–Trinajstić information content (AvgIpc) is 2.84. The molecule has 1 aliphatic heterocycles. The number of benzene rings is 1. The fraction of sp³-hybridized carbons (Fsp3) is 0.360. The van der Waals surface area contributed by atoms with Crippen LogP contribution in [0.25, 0.3) is 11.0 Å². The minimum atomic E-state index is -1.62. The first-order valence-corrected chi connectivity index (χ1v) is 11.3. The van der Waals surface area contributed by atoms with Crippen LogP contribution in [0.1, 0.15) is 42.3 Å². The number of halogens is 1. The van der Waals surface area contributed by atoms with E-state index in [0.717, 1.165) is 5.56 Å². The zero-order valence-electron chi connectivity index (χ0n) is 20.3. The number of aliphatic hydroxyl groups excluding tert-OH is 1. The molecule has 10 nitrogen and oxygen atoms in total. The Balaban J connectivity index is 1.95. The van der Waals surface area contributed by atoms with Gasteiger partial charge in [0.15, 0.2) is 11.5 Å². The first-order valence-electron chi connectivity index (χ1n) is 11.3. The number of carbonyl (C=O) groups excluding carboxylic acids is 2. The van der Waals surface area contributed by atoms with Gasteiger partial charge in [-0.1, -0.05) is 12.1 Å². The summed E-state index contributed by atoms with van der Waals surface area (Å²) in [5, 5.41) is 25.5. The van der Waals surface area contributed by atoms with Gasteiger partial charge >= 0.3 is 0 Å². The van der Waals surface area contributed by atoms with Crippen LogP contribution >= 0.6 is 0 Å². The van der Waals surface area contributed by atoms with Crippen LogP contribution in [0.4, 0.5) is 4.39 Å². The zero-order chi connectivity index (χ0) is 26.4. The summed E-state index contributed by atoms with van der Waals surface area (Å²) in [6.45, 7) is 4.13. The third-order valence-electron chi connectivity index (χ3n) is 6.15. The molecule has 0 unspecified atom stereocenters. The Bertz CT molecular complexity index is 1430. The zero-order valence-corrected chi connectivity index (χ0v) is 20.3. The first kappa shape index (κ1) is 25.1. The molecule has 3 aromatic rings. The molecule has 0 spiro atoms. The Morgan fingerprint density at radius 3 is 2.56 bits per heavy atom. The summed E-state index contributed by atoms with van der Waals surface area (Å²) >= 11 is 0. The number of hydrogen-bond acceptors (Lipinski definition) is 7. The molecule has 0 fully saturated rings. The van der Waals surface area contributed by atoms with Crippen molar-refractivity contribution in [1.29, 1.82) is 0 Å². The minimum Gasteiger partial charge on any atom is -0.505 e. The highest BCUT2D eigenvalue weighted by molar-refractivity contribution is 6.02. The second-order valence-corrected chi connectivity index (χ2v) is 9.64. The topological polar surface area (TPSA) is 143 Å². The fourth-order valence-corrected chi connectivity index (χ4v) is 4.10. The lowest BCUT2D eigenvalue weighted by Gasteiger charge is -2.38. The lowest BCUT2D eigenvalue weighted by Crippen LogP contribution is -2.60. The number of hydrogen-bond donors (Lipinski definition) is 4. The molecule has 11 heteroatoms. The number of aromatic hydroxyl groups is 1. The Kier molecular flexibility index (Phi) is 6.21. The van der Waals surface area contributed by atoms with Crippen LogP contribution in [0.5, 0.6) is 11.5 Å². The van der Waals surface area contributed by atoms with E-state index in [0.29, 0.717) is 5.56 Å². The smallest absolute Gasteiger partial charge is 0.268 e. The number of amides is 2. The lowest BCUT2D eigenvalue weighted by atomic mass is 9.97. The highest BCUT2D eigenvalue weighted by Gasteiger charge is 2.44. The van der Waals surface area contributed by atoms with Gasteiger partial charge in [-0.15, -0.1) is 0 Å². The number of nitrogens with one attached hydrogen (secondary N) is 2. The van der Waals surface area contributed by atoms with E-state index in [9.17, 15) is 29.0 Å². The maximum atomic E-state index is 13.4. The molecule has 4 rings (SSSR count). The maximum Gasteiger partial charge on any atom is 0.268 e. The summed E-state index contributed by atoms with van der Waals surface area (Å²) in [4.78, 5) is 43.5. The molecule has 3 heterocycles. The number of pyridine rings is 2. The van der Waals surface area contributed by atoms with Crippen molar-refractivity contribution in [2.24, 2.45) is 0 Å². The van der Waals surface area contributed by atoms with Crippen molar-refractivity contribution in [3.63, 3.8) is 0 Å². The normalized spacial score (nSPS) is 16.9. The van der Waals surface area contributed by atoms with E-state index < -0.39 is 45.6 Å². The molecule has 2 amide bonds. The second-order valence-electron chi connectivity index (χ2n) is 9.64. The van der Waals surface area contributed by atoms with Gasteiger partial charge in [-0.25, -0.2) is 4.39 Å². The highest BCUT2D eigenvalue weighted by atomic mass is 19.1. The van der Waals surface area contributed by atoms with Crippen LogP contribution in [0.2, 0.25) is 0 Å². The Hall–Kier alpha value is -3.99. The van der Waals surface area contributed by atoms with Gasteiger partial charge < -0.3 is 25.6 Å². The first-order chi connectivity index (χ1) is 16.9. The average molecular weight is 499 g/mol. The summed E-state index contributed by atoms with van der Waals surface area (Å²) in [7, 11) is 1.32. The Morgan fingerprint density at radius 2 is 1.94 bits per heavy atom. The van der Waals surface area contributed by atoms with Crippen LogP contribution < -0.4 is 20.9 Å². The number of ether oxygens (including phenoxy) is 1. The van der Waals surface area contributed by atoms with Gasteiger partial charge in [-0.2, -0.15) is 0 Å². The van der Waals surface area contributed by atoms with E-state index in [1.807, 2.05) is 0 Å². The van der Waals surface area contributed by atoms with Gasteiger partial charge in [0.25, 0.3) is 17.4 Å². The third kappa shape index (κ3) is 4.26. The fourth-order valence-electron chi connectivity index (χ4n) is 4.10. The minimum absolute atomic E-state index is 0.0378. The summed E-state index contributed by atoms with van der Waals surface area (Å²) in [6.07, 6.45) is 1.65. The van der Waals surface area contributed by atoms with Gasteiger partial charge in [0.1, 0.15) is 22.4 Å². The molecule has 1 aliphatic rings. The van der Waals surface area contributed by atoms with Crippen LogP contribution in [0, 0.1) is 5.82 Å². The molecule has 0 aliphatic carbocycles. The summed E-state index contributed by atoms with van der Waals surface area (Å²) in [5.41, 5.74) is -2.61. The van der Waals surface area contributed by atoms with Gasteiger partial charge in [-0.05, 0) is 38.5 Å². The third-order valence-corrected chi connectivity index (χ3v) is 6.15. The number of nitrogens with zero attached hydrogens (tertiary/aromatic N) is 2. The number of rotatable bonds is 6. The molecule has 2 aromatic heterocycles. The number of aliphatic hydroxyl groups is 1. The number of carbonyl (C=O) groups is 2. The molecular weight excluding hydrogens is 471 g/mol. The summed E-state index contributed by atoms with van der Waals surface area (Å²) in [6, 6.07) is 5.79. The van der Waals surface area contributed by atoms with Gasteiger partial charge in [-0.3, -0.25) is 23.9 Å². The molecule has 0 saturated heterocycles. The van der Waals surface area contributed by atoms with Crippen molar-refractivity contribution in [1.82, 2.24) is 20.2 Å². The molecule has 0 saturated carbocycles. The molecule has 1 aromatic carbocycles. The van der Waals surface area contributed by atoms with Crippen molar-refractivity contribution >= 4 is 22.8 Å². The van der Waals surface area contributed by atoms with E-state index in [1.165, 1.54) is 36.9 Å². The van der Waals surface area contributed by atoms with Crippen molar-refractivity contribution in [3.8, 4) is 11.5 Å². The van der Waals surface area contributed by atoms with Crippen molar-refractivity contribution in [2.45, 2.75) is 44.9 Å². The Labute approximate surface area is 205 Å². The van der Waals surface area contributed by atoms with Gasteiger partial charge in [0.05, 0.1) is 18.7 Å². The van der Waals surface area contributed by atoms with Crippen LogP contribution in [-0.2, 0) is 17.8 Å².